The van der Waals surface area contributed by atoms with Crippen molar-refractivity contribution in [1.29, 1.82) is 0 Å². The molecule has 0 atom stereocenters. The molecular weight excluding hydrogens is 338 g/mol. The van der Waals surface area contributed by atoms with E-state index in [0.717, 1.165) is 22.3 Å². The molecule has 1 heteroatoms. The molecule has 1 aliphatic rings. The lowest BCUT2D eigenvalue weighted by Gasteiger charge is -2.13. The molecule has 28 heavy (non-hydrogen) atoms. The van der Waals surface area contributed by atoms with E-state index in [9.17, 15) is 0 Å². The van der Waals surface area contributed by atoms with Crippen LogP contribution in [0.1, 0.15) is 27.8 Å². The van der Waals surface area contributed by atoms with E-state index in [4.69, 9.17) is 4.98 Å². The predicted octanol–water partition coefficient (Wildman–Crippen LogP) is 7.31. The van der Waals surface area contributed by atoms with Crippen LogP contribution in [-0.4, -0.2) is 4.98 Å². The summed E-state index contributed by atoms with van der Waals surface area (Å²) in [5.41, 5.74) is 12.0. The van der Waals surface area contributed by atoms with Crippen molar-refractivity contribution in [2.45, 2.75) is 13.8 Å². The van der Waals surface area contributed by atoms with Gasteiger partial charge in [-0.05, 0) is 71.0 Å². The minimum atomic E-state index is 1.02. The Balaban J connectivity index is 1.66. The Morgan fingerprint density at radius 3 is 2.29 bits per heavy atom. The van der Waals surface area contributed by atoms with Crippen LogP contribution >= 0.6 is 0 Å². The second kappa shape index (κ2) is 6.31. The molecule has 0 saturated heterocycles. The molecule has 4 aromatic rings. The van der Waals surface area contributed by atoms with Crippen LogP contribution in [0.5, 0.6) is 0 Å². The van der Waals surface area contributed by atoms with E-state index in [-0.39, 0.29) is 0 Å². The maximum absolute atomic E-state index is 4.96. The zero-order valence-electron chi connectivity index (χ0n) is 16.2. The topological polar surface area (TPSA) is 12.9 Å². The lowest BCUT2D eigenvalue weighted by atomic mass is 9.92. The maximum Gasteiger partial charge on any atom is 0.0721 e. The van der Waals surface area contributed by atoms with Crippen molar-refractivity contribution in [1.82, 2.24) is 4.98 Å². The Bertz CT molecular complexity index is 1270. The molecule has 0 radical (unpaired) electrons. The molecule has 0 bridgehead atoms. The van der Waals surface area contributed by atoms with Gasteiger partial charge in [-0.15, -0.1) is 0 Å². The fourth-order valence-electron chi connectivity index (χ4n) is 4.35. The van der Waals surface area contributed by atoms with Crippen LogP contribution in [-0.2, 0) is 0 Å². The molecule has 134 valence electrons. The van der Waals surface area contributed by atoms with E-state index in [1.165, 1.54) is 38.8 Å². The van der Waals surface area contributed by atoms with Gasteiger partial charge in [0.2, 0.25) is 0 Å². The van der Waals surface area contributed by atoms with Crippen LogP contribution in [0.25, 0.3) is 51.5 Å². The van der Waals surface area contributed by atoms with Gasteiger partial charge in [-0.25, -0.2) is 4.98 Å². The number of hydrogen-bond acceptors (Lipinski definition) is 1. The molecule has 0 N–H and O–H groups in total. The smallest absolute Gasteiger partial charge is 0.0721 e. The molecule has 5 rings (SSSR count). The minimum Gasteiger partial charge on any atom is -0.248 e. The quantitative estimate of drug-likeness (QED) is 0.329. The summed E-state index contributed by atoms with van der Waals surface area (Å²) >= 11 is 0. The van der Waals surface area contributed by atoms with Crippen molar-refractivity contribution in [2.75, 3.05) is 0 Å². The van der Waals surface area contributed by atoms with Crippen LogP contribution < -0.4 is 0 Å². The van der Waals surface area contributed by atoms with Crippen LogP contribution in [0.3, 0.4) is 0 Å². The van der Waals surface area contributed by atoms with Crippen molar-refractivity contribution >= 4 is 29.1 Å². The fraction of sp³-hybridized carbons (Fsp3) is 0.0741. The fourth-order valence-corrected chi connectivity index (χ4v) is 4.35. The van der Waals surface area contributed by atoms with Gasteiger partial charge in [0.1, 0.15) is 0 Å². The van der Waals surface area contributed by atoms with Crippen LogP contribution in [0.2, 0.25) is 0 Å². The van der Waals surface area contributed by atoms with Gasteiger partial charge in [0.05, 0.1) is 11.2 Å². The summed E-state index contributed by atoms with van der Waals surface area (Å²) in [4.78, 5) is 4.96. The number of aryl methyl sites for hydroxylation is 2. The highest BCUT2D eigenvalue weighted by Crippen LogP contribution is 2.35. The molecule has 1 aromatic heterocycles. The van der Waals surface area contributed by atoms with Crippen molar-refractivity contribution in [3.63, 3.8) is 0 Å². The first kappa shape index (κ1) is 16.7. The Kier molecular flexibility index (Phi) is 3.77. The zero-order valence-corrected chi connectivity index (χ0v) is 16.2. The largest absolute Gasteiger partial charge is 0.248 e. The SMILES string of the molecule is C=Cc1cc(C)c(-c2cccc(-c3cc4c5c(cccc5n3)C=C4)c2)c(C)c1. The third-order valence-electron chi connectivity index (χ3n) is 5.58. The van der Waals surface area contributed by atoms with Gasteiger partial charge in [0, 0.05) is 10.9 Å². The average Bonchev–Trinajstić information content (AvgIpc) is 3.12. The summed E-state index contributed by atoms with van der Waals surface area (Å²) in [5.74, 6) is 0. The summed E-state index contributed by atoms with van der Waals surface area (Å²) in [5, 5.41) is 1.26. The highest BCUT2D eigenvalue weighted by atomic mass is 14.7. The summed E-state index contributed by atoms with van der Waals surface area (Å²) in [6.07, 6.45) is 6.27. The highest BCUT2D eigenvalue weighted by Gasteiger charge is 2.13. The van der Waals surface area contributed by atoms with Crippen molar-refractivity contribution in [2.24, 2.45) is 0 Å². The third kappa shape index (κ3) is 2.59. The molecule has 0 unspecified atom stereocenters. The first-order valence-electron chi connectivity index (χ1n) is 9.60. The van der Waals surface area contributed by atoms with Gasteiger partial charge in [0.15, 0.2) is 0 Å². The van der Waals surface area contributed by atoms with Gasteiger partial charge in [-0.1, -0.05) is 67.3 Å². The minimum absolute atomic E-state index is 1.02. The Labute approximate surface area is 165 Å². The van der Waals surface area contributed by atoms with Crippen LogP contribution in [0.4, 0.5) is 0 Å². The van der Waals surface area contributed by atoms with E-state index >= 15 is 0 Å². The lowest BCUT2D eigenvalue weighted by molar-refractivity contribution is 1.36. The number of pyridine rings is 1. The van der Waals surface area contributed by atoms with Gasteiger partial charge in [0.25, 0.3) is 0 Å². The Morgan fingerprint density at radius 2 is 1.50 bits per heavy atom. The average molecular weight is 359 g/mol. The van der Waals surface area contributed by atoms with Crippen LogP contribution in [0.15, 0.2) is 67.2 Å². The van der Waals surface area contributed by atoms with Gasteiger partial charge in [-0.3, -0.25) is 0 Å². The molecule has 1 aliphatic carbocycles. The first-order chi connectivity index (χ1) is 13.6. The highest BCUT2D eigenvalue weighted by molar-refractivity contribution is 6.04. The number of nitrogens with zero attached hydrogens (tertiary/aromatic N) is 1. The number of aromatic nitrogens is 1. The van der Waals surface area contributed by atoms with Crippen LogP contribution in [0, 0.1) is 13.8 Å². The Hall–Kier alpha value is -3.45. The van der Waals surface area contributed by atoms with E-state index in [1.807, 2.05) is 6.08 Å². The first-order valence-corrected chi connectivity index (χ1v) is 9.60. The van der Waals surface area contributed by atoms with E-state index in [2.05, 4.69) is 93.2 Å². The van der Waals surface area contributed by atoms with E-state index < -0.39 is 0 Å². The maximum atomic E-state index is 4.96. The normalized spacial score (nSPS) is 11.9. The summed E-state index contributed by atoms with van der Waals surface area (Å²) in [6.45, 7) is 8.24. The molecule has 0 aliphatic heterocycles. The predicted molar refractivity (Wildman–Crippen MR) is 121 cm³/mol. The van der Waals surface area contributed by atoms with Crippen molar-refractivity contribution in [3.8, 4) is 22.4 Å². The van der Waals surface area contributed by atoms with Gasteiger partial charge >= 0.3 is 0 Å². The third-order valence-corrected chi connectivity index (χ3v) is 5.58. The second-order valence-electron chi connectivity index (χ2n) is 7.49. The molecule has 0 saturated carbocycles. The van der Waals surface area contributed by atoms with Crippen molar-refractivity contribution in [3.05, 3.63) is 95.1 Å². The molecule has 1 nitrogen and oxygen atoms in total. The molecule has 0 fully saturated rings. The molecule has 0 spiro atoms. The number of hydrogen-bond donors (Lipinski definition) is 0. The van der Waals surface area contributed by atoms with E-state index in [0.29, 0.717) is 0 Å². The number of rotatable bonds is 3. The molecule has 0 amide bonds. The van der Waals surface area contributed by atoms with Gasteiger partial charge < -0.3 is 0 Å². The summed E-state index contributed by atoms with van der Waals surface area (Å²) in [7, 11) is 0. The Morgan fingerprint density at radius 1 is 0.786 bits per heavy atom. The number of benzene rings is 3. The zero-order chi connectivity index (χ0) is 19.3. The van der Waals surface area contributed by atoms with Gasteiger partial charge in [-0.2, -0.15) is 0 Å². The molecule has 3 aromatic carbocycles. The van der Waals surface area contributed by atoms with E-state index in [1.54, 1.807) is 0 Å². The standard InChI is InChI=1S/C27H21N/c1-4-19-13-17(2)26(18(3)14-19)22-9-5-8-21(15-22)25-16-23-12-11-20-7-6-10-24(28-25)27(20)23/h4-16H,1H2,2-3H3. The summed E-state index contributed by atoms with van der Waals surface area (Å²) in [6, 6.07) is 21.6. The molecule has 1 heterocycles. The lowest BCUT2D eigenvalue weighted by Crippen LogP contribution is -1.92. The second-order valence-corrected chi connectivity index (χ2v) is 7.49. The van der Waals surface area contributed by atoms with Crippen molar-refractivity contribution < 1.29 is 0 Å². The monoisotopic (exact) mass is 359 g/mol. The summed E-state index contributed by atoms with van der Waals surface area (Å²) < 4.78 is 0. The molecular formula is C27H21N.